The minimum Gasteiger partial charge on any atom is -0.493 e. The van der Waals surface area contributed by atoms with Crippen LogP contribution in [0, 0.1) is 0 Å². The number of halogens is 2. The number of rotatable bonds is 4. The van der Waals surface area contributed by atoms with E-state index in [9.17, 15) is 0 Å². The molecular weight excluding hydrogens is 391 g/mol. The summed E-state index contributed by atoms with van der Waals surface area (Å²) < 4.78 is 21.9. The second-order valence-electron chi connectivity index (χ2n) is 5.64. The smallest absolute Gasteiger partial charge is 0.269 e. The average molecular weight is 405 g/mol. The molecule has 1 aliphatic rings. The van der Waals surface area contributed by atoms with Gasteiger partial charge in [0, 0.05) is 5.56 Å². The first-order valence-corrected chi connectivity index (χ1v) is 8.85. The Labute approximate surface area is 165 Å². The van der Waals surface area contributed by atoms with E-state index in [0.29, 0.717) is 46.9 Å². The van der Waals surface area contributed by atoms with Crippen molar-refractivity contribution in [1.29, 1.82) is 0 Å². The predicted octanol–water partition coefficient (Wildman–Crippen LogP) is 4.91. The molecule has 0 radical (unpaired) electrons. The van der Waals surface area contributed by atoms with Gasteiger partial charge in [0.05, 0.1) is 12.1 Å². The molecule has 3 aromatic rings. The van der Waals surface area contributed by atoms with E-state index in [4.69, 9.17) is 41.9 Å². The Balaban J connectivity index is 1.66. The van der Waals surface area contributed by atoms with E-state index in [1.807, 2.05) is 18.2 Å². The predicted molar refractivity (Wildman–Crippen MR) is 102 cm³/mol. The molecule has 0 amide bonds. The molecule has 0 saturated carbocycles. The summed E-state index contributed by atoms with van der Waals surface area (Å²) in [6.07, 6.45) is 1.69. The van der Waals surface area contributed by atoms with Crippen LogP contribution in [-0.2, 0) is 0 Å². The van der Waals surface area contributed by atoms with Gasteiger partial charge in [-0.15, -0.1) is 0 Å². The second-order valence-corrected chi connectivity index (χ2v) is 6.46. The maximum absolute atomic E-state index is 6.38. The van der Waals surface area contributed by atoms with Gasteiger partial charge in [-0.1, -0.05) is 40.5 Å². The van der Waals surface area contributed by atoms with Gasteiger partial charge in [-0.05, 0) is 35.9 Å². The summed E-state index contributed by atoms with van der Waals surface area (Å²) in [5.41, 5.74) is 1.42. The Morgan fingerprint density at radius 1 is 1.19 bits per heavy atom. The Morgan fingerprint density at radius 3 is 2.81 bits per heavy atom. The first-order chi connectivity index (χ1) is 13.2. The van der Waals surface area contributed by atoms with Crippen LogP contribution in [0.4, 0.5) is 0 Å². The summed E-state index contributed by atoms with van der Waals surface area (Å²) in [5.74, 6) is 2.28. The highest BCUT2D eigenvalue weighted by Gasteiger charge is 2.19. The first kappa shape index (κ1) is 17.7. The number of methoxy groups -OCH3 is 1. The molecule has 0 atom stereocenters. The zero-order valence-electron chi connectivity index (χ0n) is 14.2. The van der Waals surface area contributed by atoms with E-state index in [1.165, 1.54) is 0 Å². The molecule has 1 aromatic heterocycles. The van der Waals surface area contributed by atoms with Crippen molar-refractivity contribution in [2.24, 2.45) is 0 Å². The van der Waals surface area contributed by atoms with Crippen LogP contribution in [0.15, 0.2) is 40.9 Å². The lowest BCUT2D eigenvalue weighted by Crippen LogP contribution is -2.16. The maximum Gasteiger partial charge on any atom is 0.269 e. The second kappa shape index (κ2) is 7.50. The number of hydrogen-bond donors (Lipinski definition) is 0. The zero-order chi connectivity index (χ0) is 18.8. The highest BCUT2D eigenvalue weighted by atomic mass is 35.5. The van der Waals surface area contributed by atoms with Crippen molar-refractivity contribution < 1.29 is 18.7 Å². The van der Waals surface area contributed by atoms with E-state index < -0.39 is 0 Å². The van der Waals surface area contributed by atoms with Crippen molar-refractivity contribution in [2.45, 2.75) is 0 Å². The number of hydrogen-bond acceptors (Lipinski definition) is 6. The van der Waals surface area contributed by atoms with Crippen LogP contribution in [0.25, 0.3) is 22.5 Å². The lowest BCUT2D eigenvalue weighted by atomic mass is 10.1. The fourth-order valence-electron chi connectivity index (χ4n) is 2.66. The molecular formula is C19H14Cl2N2O4. The van der Waals surface area contributed by atoms with Crippen molar-refractivity contribution in [3.05, 3.63) is 52.9 Å². The fraction of sp³-hybridized carbons (Fsp3) is 0.158. The number of fused-ring (bicyclic) bond motifs is 1. The highest BCUT2D eigenvalue weighted by molar-refractivity contribution is 6.50. The Kier molecular flexibility index (Phi) is 4.92. The molecule has 4 rings (SSSR count). The quantitative estimate of drug-likeness (QED) is 0.615. The standard InChI is InChI=1S/C19H14Cl2N2O4/c1-24-15-9-11(10-16-17(15)26-7-6-25-16)8-14(21)19-22-18(23-27-19)12-4-2-3-5-13(12)20/h2-5,8-10H,6-7H2,1H3/b14-8-. The molecule has 0 unspecified atom stereocenters. The third-order valence-corrected chi connectivity index (χ3v) is 4.49. The van der Waals surface area contributed by atoms with E-state index in [-0.39, 0.29) is 10.9 Å². The van der Waals surface area contributed by atoms with Crippen LogP contribution in [0.5, 0.6) is 17.2 Å². The van der Waals surface area contributed by atoms with Gasteiger partial charge in [-0.2, -0.15) is 4.98 Å². The van der Waals surface area contributed by atoms with Gasteiger partial charge >= 0.3 is 0 Å². The summed E-state index contributed by atoms with van der Waals surface area (Å²) in [6, 6.07) is 10.8. The molecule has 1 aliphatic heterocycles. The van der Waals surface area contributed by atoms with Gasteiger partial charge in [-0.25, -0.2) is 0 Å². The molecule has 2 heterocycles. The fourth-order valence-corrected chi connectivity index (χ4v) is 3.08. The number of nitrogens with zero attached hydrogens (tertiary/aromatic N) is 2. The summed E-state index contributed by atoms with van der Waals surface area (Å²) in [6.45, 7) is 0.952. The summed E-state index contributed by atoms with van der Waals surface area (Å²) >= 11 is 12.5. The zero-order valence-corrected chi connectivity index (χ0v) is 15.8. The van der Waals surface area contributed by atoms with Crippen molar-refractivity contribution >= 4 is 34.3 Å². The molecule has 0 N–H and O–H groups in total. The average Bonchev–Trinajstić information content (AvgIpc) is 3.18. The van der Waals surface area contributed by atoms with Crippen molar-refractivity contribution in [2.75, 3.05) is 20.3 Å². The molecule has 0 fully saturated rings. The van der Waals surface area contributed by atoms with Gasteiger partial charge < -0.3 is 18.7 Å². The van der Waals surface area contributed by atoms with E-state index in [1.54, 1.807) is 31.4 Å². The van der Waals surface area contributed by atoms with Crippen LogP contribution in [-0.4, -0.2) is 30.5 Å². The molecule has 138 valence electrons. The molecule has 0 saturated heterocycles. The Bertz CT molecular complexity index is 999. The van der Waals surface area contributed by atoms with Crippen LogP contribution < -0.4 is 14.2 Å². The van der Waals surface area contributed by atoms with Gasteiger partial charge in [0.1, 0.15) is 18.2 Å². The number of ether oxygens (including phenoxy) is 3. The normalized spacial score (nSPS) is 13.5. The molecule has 0 spiro atoms. The number of benzene rings is 2. The van der Waals surface area contributed by atoms with Crippen molar-refractivity contribution in [3.63, 3.8) is 0 Å². The van der Waals surface area contributed by atoms with Crippen molar-refractivity contribution in [3.8, 4) is 28.6 Å². The summed E-state index contributed by atoms with van der Waals surface area (Å²) in [4.78, 5) is 4.32. The van der Waals surface area contributed by atoms with Gasteiger partial charge in [0.2, 0.25) is 11.6 Å². The maximum atomic E-state index is 6.38. The van der Waals surface area contributed by atoms with Gasteiger partial charge in [0.25, 0.3) is 5.89 Å². The Hall–Kier alpha value is -2.70. The minimum absolute atomic E-state index is 0.181. The molecule has 27 heavy (non-hydrogen) atoms. The number of aromatic nitrogens is 2. The van der Waals surface area contributed by atoms with Crippen LogP contribution in [0.3, 0.4) is 0 Å². The largest absolute Gasteiger partial charge is 0.493 e. The Morgan fingerprint density at radius 2 is 2.00 bits per heavy atom. The molecule has 2 aromatic carbocycles. The first-order valence-electron chi connectivity index (χ1n) is 8.09. The summed E-state index contributed by atoms with van der Waals surface area (Å²) in [5, 5.41) is 4.76. The summed E-state index contributed by atoms with van der Waals surface area (Å²) in [7, 11) is 1.57. The highest BCUT2D eigenvalue weighted by Crippen LogP contribution is 2.41. The third kappa shape index (κ3) is 3.59. The van der Waals surface area contributed by atoms with E-state index in [0.717, 1.165) is 5.56 Å². The SMILES string of the molecule is COc1cc(/C=C(\Cl)c2nc(-c3ccccc3Cl)no2)cc2c1OCCO2. The topological polar surface area (TPSA) is 66.6 Å². The molecule has 0 bridgehead atoms. The molecule has 8 heteroatoms. The van der Waals surface area contributed by atoms with Crippen LogP contribution in [0.2, 0.25) is 5.02 Å². The van der Waals surface area contributed by atoms with Gasteiger partial charge in [-0.3, -0.25) is 0 Å². The minimum atomic E-state index is 0.181. The van der Waals surface area contributed by atoms with E-state index >= 15 is 0 Å². The van der Waals surface area contributed by atoms with Crippen molar-refractivity contribution in [1.82, 2.24) is 10.1 Å². The van der Waals surface area contributed by atoms with Gasteiger partial charge in [0.15, 0.2) is 11.5 Å². The molecule has 6 nitrogen and oxygen atoms in total. The third-order valence-electron chi connectivity index (χ3n) is 3.89. The molecule has 0 aliphatic carbocycles. The lowest BCUT2D eigenvalue weighted by Gasteiger charge is -2.21. The lowest BCUT2D eigenvalue weighted by molar-refractivity contribution is 0.165. The van der Waals surface area contributed by atoms with Crippen LogP contribution in [0.1, 0.15) is 11.5 Å². The van der Waals surface area contributed by atoms with Crippen LogP contribution >= 0.6 is 23.2 Å². The monoisotopic (exact) mass is 404 g/mol. The van der Waals surface area contributed by atoms with E-state index in [2.05, 4.69) is 10.1 Å².